The first-order valence-corrected chi connectivity index (χ1v) is 4.95. The monoisotopic (exact) mass is 203 g/mol. The molecule has 3 heteroatoms. The van der Waals surface area contributed by atoms with E-state index in [4.69, 9.17) is 0 Å². The highest BCUT2D eigenvalue weighted by Crippen LogP contribution is 2.36. The standard InChI is InChI=1S/C12H13NO2/c1-7-10-6-9(8(2)14)4-5-11(10)13(3)12(7)15/h4-7H,1-3H3. The van der Waals surface area contributed by atoms with E-state index in [1.165, 1.54) is 6.92 Å². The van der Waals surface area contributed by atoms with E-state index in [-0.39, 0.29) is 17.6 Å². The van der Waals surface area contributed by atoms with Crippen molar-refractivity contribution in [2.45, 2.75) is 19.8 Å². The lowest BCUT2D eigenvalue weighted by Crippen LogP contribution is -2.22. The Bertz CT molecular complexity index is 451. The Morgan fingerprint density at radius 2 is 2.07 bits per heavy atom. The molecule has 1 heterocycles. The van der Waals surface area contributed by atoms with Gasteiger partial charge < -0.3 is 4.90 Å². The van der Waals surface area contributed by atoms with Crippen molar-refractivity contribution in [1.82, 2.24) is 0 Å². The highest BCUT2D eigenvalue weighted by molar-refractivity contribution is 6.05. The third-order valence-electron chi connectivity index (χ3n) is 2.96. The summed E-state index contributed by atoms with van der Waals surface area (Å²) in [7, 11) is 1.76. The molecular weight excluding hydrogens is 190 g/mol. The van der Waals surface area contributed by atoms with Gasteiger partial charge in [-0.15, -0.1) is 0 Å². The summed E-state index contributed by atoms with van der Waals surface area (Å²) in [5.41, 5.74) is 2.54. The molecule has 0 spiro atoms. The van der Waals surface area contributed by atoms with Crippen LogP contribution in [-0.2, 0) is 4.79 Å². The van der Waals surface area contributed by atoms with Crippen LogP contribution < -0.4 is 4.90 Å². The molecule has 0 aromatic heterocycles. The van der Waals surface area contributed by atoms with Crippen molar-refractivity contribution in [2.75, 3.05) is 11.9 Å². The average molecular weight is 203 g/mol. The number of fused-ring (bicyclic) bond motifs is 1. The number of amides is 1. The van der Waals surface area contributed by atoms with E-state index >= 15 is 0 Å². The quantitative estimate of drug-likeness (QED) is 0.654. The number of hydrogen-bond acceptors (Lipinski definition) is 2. The first-order chi connectivity index (χ1) is 7.02. The van der Waals surface area contributed by atoms with Gasteiger partial charge in [0, 0.05) is 18.3 Å². The van der Waals surface area contributed by atoms with Gasteiger partial charge in [-0.05, 0) is 37.6 Å². The fraction of sp³-hybridized carbons (Fsp3) is 0.333. The lowest BCUT2D eigenvalue weighted by atomic mass is 9.99. The largest absolute Gasteiger partial charge is 0.315 e. The van der Waals surface area contributed by atoms with E-state index in [0.29, 0.717) is 5.56 Å². The van der Waals surface area contributed by atoms with E-state index in [1.54, 1.807) is 18.0 Å². The van der Waals surface area contributed by atoms with Crippen LogP contribution in [0.4, 0.5) is 5.69 Å². The van der Waals surface area contributed by atoms with Gasteiger partial charge in [0.2, 0.25) is 5.91 Å². The Kier molecular flexibility index (Phi) is 2.11. The minimum atomic E-state index is -0.135. The van der Waals surface area contributed by atoms with Gasteiger partial charge in [-0.2, -0.15) is 0 Å². The van der Waals surface area contributed by atoms with Crippen LogP contribution in [0.1, 0.15) is 35.7 Å². The summed E-state index contributed by atoms with van der Waals surface area (Å²) in [6, 6.07) is 5.43. The van der Waals surface area contributed by atoms with Gasteiger partial charge in [-0.1, -0.05) is 0 Å². The number of rotatable bonds is 1. The lowest BCUT2D eigenvalue weighted by molar-refractivity contribution is -0.118. The molecule has 1 atom stereocenters. The third kappa shape index (κ3) is 1.35. The number of benzene rings is 1. The van der Waals surface area contributed by atoms with Gasteiger partial charge in [0.25, 0.3) is 0 Å². The molecule has 0 N–H and O–H groups in total. The van der Waals surface area contributed by atoms with Gasteiger partial charge in [-0.3, -0.25) is 9.59 Å². The molecule has 0 radical (unpaired) electrons. The van der Waals surface area contributed by atoms with Crippen LogP contribution >= 0.6 is 0 Å². The number of hydrogen-bond donors (Lipinski definition) is 0. The summed E-state index contributed by atoms with van der Waals surface area (Å²) in [6.45, 7) is 3.40. The minimum absolute atomic E-state index is 0.0343. The smallest absolute Gasteiger partial charge is 0.234 e. The summed E-state index contributed by atoms with van der Waals surface area (Å²) in [5.74, 6) is -0.0120. The molecule has 0 saturated heterocycles. The van der Waals surface area contributed by atoms with Crippen molar-refractivity contribution in [3.05, 3.63) is 29.3 Å². The fourth-order valence-corrected chi connectivity index (χ4v) is 1.97. The van der Waals surface area contributed by atoms with Crippen LogP contribution in [0.2, 0.25) is 0 Å². The number of likely N-dealkylation sites (N-methyl/N-ethyl adjacent to an activating group) is 1. The van der Waals surface area contributed by atoms with Gasteiger partial charge in [-0.25, -0.2) is 0 Å². The van der Waals surface area contributed by atoms with Gasteiger partial charge in [0.05, 0.1) is 5.92 Å². The van der Waals surface area contributed by atoms with Gasteiger partial charge in [0.15, 0.2) is 5.78 Å². The average Bonchev–Trinajstić information content (AvgIpc) is 2.44. The Morgan fingerprint density at radius 1 is 1.40 bits per heavy atom. The van der Waals surface area contributed by atoms with E-state index < -0.39 is 0 Å². The Morgan fingerprint density at radius 3 is 2.67 bits per heavy atom. The molecule has 1 aromatic carbocycles. The van der Waals surface area contributed by atoms with Crippen molar-refractivity contribution >= 4 is 17.4 Å². The van der Waals surface area contributed by atoms with E-state index in [2.05, 4.69) is 0 Å². The fourth-order valence-electron chi connectivity index (χ4n) is 1.97. The molecule has 0 saturated carbocycles. The van der Waals surface area contributed by atoms with Crippen molar-refractivity contribution < 1.29 is 9.59 Å². The van der Waals surface area contributed by atoms with Crippen LogP contribution in [0.3, 0.4) is 0 Å². The van der Waals surface area contributed by atoms with Crippen molar-refractivity contribution in [2.24, 2.45) is 0 Å². The van der Waals surface area contributed by atoms with Crippen molar-refractivity contribution in [3.63, 3.8) is 0 Å². The van der Waals surface area contributed by atoms with Crippen LogP contribution in [0, 0.1) is 0 Å². The van der Waals surface area contributed by atoms with Gasteiger partial charge >= 0.3 is 0 Å². The van der Waals surface area contributed by atoms with Gasteiger partial charge in [0.1, 0.15) is 0 Å². The number of Topliss-reactive ketones (excluding diaryl/α,β-unsaturated/α-hetero) is 1. The van der Waals surface area contributed by atoms with E-state index in [1.807, 2.05) is 19.1 Å². The molecule has 3 nitrogen and oxygen atoms in total. The summed E-state index contributed by atoms with van der Waals surface area (Å²) in [5, 5.41) is 0. The molecule has 78 valence electrons. The Labute approximate surface area is 88.7 Å². The SMILES string of the molecule is CC(=O)c1ccc2c(c1)C(C)C(=O)N2C. The molecular formula is C12H13NO2. The first kappa shape index (κ1) is 9.90. The second-order valence-corrected chi connectivity index (χ2v) is 3.95. The minimum Gasteiger partial charge on any atom is -0.315 e. The van der Waals surface area contributed by atoms with Crippen LogP contribution in [0.5, 0.6) is 0 Å². The van der Waals surface area contributed by atoms with E-state index in [9.17, 15) is 9.59 Å². The maximum Gasteiger partial charge on any atom is 0.234 e. The molecule has 1 amide bonds. The maximum atomic E-state index is 11.7. The number of anilines is 1. The summed E-state index contributed by atoms with van der Waals surface area (Å²) in [6.07, 6.45) is 0. The van der Waals surface area contributed by atoms with Crippen LogP contribution in [0.25, 0.3) is 0 Å². The maximum absolute atomic E-state index is 11.7. The van der Waals surface area contributed by atoms with E-state index in [0.717, 1.165) is 11.3 Å². The lowest BCUT2D eigenvalue weighted by Gasteiger charge is -2.09. The molecule has 1 aromatic rings. The van der Waals surface area contributed by atoms with Crippen molar-refractivity contribution in [1.29, 1.82) is 0 Å². The summed E-state index contributed by atoms with van der Waals surface area (Å²) < 4.78 is 0. The zero-order valence-electron chi connectivity index (χ0n) is 9.07. The van der Waals surface area contributed by atoms with Crippen LogP contribution in [-0.4, -0.2) is 18.7 Å². The topological polar surface area (TPSA) is 37.4 Å². The second-order valence-electron chi connectivity index (χ2n) is 3.95. The predicted octanol–water partition coefficient (Wildman–Crippen LogP) is 1.97. The molecule has 2 rings (SSSR count). The number of carbonyl (C=O) groups excluding carboxylic acids is 2. The molecule has 15 heavy (non-hydrogen) atoms. The molecule has 0 fully saturated rings. The second kappa shape index (κ2) is 3.19. The third-order valence-corrected chi connectivity index (χ3v) is 2.96. The Balaban J connectivity index is 2.56. The normalized spacial score (nSPS) is 19.3. The summed E-state index contributed by atoms with van der Waals surface area (Å²) >= 11 is 0. The molecule has 0 bridgehead atoms. The van der Waals surface area contributed by atoms with Crippen molar-refractivity contribution in [3.8, 4) is 0 Å². The highest BCUT2D eigenvalue weighted by atomic mass is 16.2. The molecule has 1 aliphatic rings. The molecule has 1 aliphatic heterocycles. The first-order valence-electron chi connectivity index (χ1n) is 4.95. The molecule has 0 aliphatic carbocycles. The zero-order chi connectivity index (χ0) is 11.2. The number of ketones is 1. The number of carbonyl (C=O) groups is 2. The highest BCUT2D eigenvalue weighted by Gasteiger charge is 2.31. The zero-order valence-corrected chi connectivity index (χ0v) is 9.07. The Hall–Kier alpha value is -1.64. The summed E-state index contributed by atoms with van der Waals surface area (Å²) in [4.78, 5) is 24.5. The molecule has 1 unspecified atom stereocenters. The van der Waals surface area contributed by atoms with Crippen LogP contribution in [0.15, 0.2) is 18.2 Å². The predicted molar refractivity (Wildman–Crippen MR) is 58.3 cm³/mol. The number of nitrogens with zero attached hydrogens (tertiary/aromatic N) is 1.